The fraction of sp³-hybridized carbons (Fsp3) is 0.923. The Hall–Kier alpha value is -0.875. The van der Waals surface area contributed by atoms with Gasteiger partial charge in [0.25, 0.3) is 0 Å². The Morgan fingerprint density at radius 1 is 1.20 bits per heavy atom. The fourth-order valence-electron chi connectivity index (χ4n) is 4.07. The van der Waals surface area contributed by atoms with E-state index in [4.69, 9.17) is 4.74 Å². The van der Waals surface area contributed by atoms with Crippen molar-refractivity contribution in [3.63, 3.8) is 0 Å². The van der Waals surface area contributed by atoms with E-state index in [-0.39, 0.29) is 36.7 Å². The normalized spacial score (nSPS) is 36.8. The Kier molecular flexibility index (Phi) is 2.57. The quantitative estimate of drug-likeness (QED) is 0.727. The van der Waals surface area contributed by atoms with Gasteiger partial charge in [0.2, 0.25) is 0 Å². The monoisotopic (exact) mass is 290 g/mol. The average Bonchev–Trinajstić information content (AvgIpc) is 1.97. The molecular formula is C13H20BF3NO2-. The molecule has 1 aliphatic heterocycles. The number of halogens is 3. The number of hydrogen-bond acceptors (Lipinski definition) is 2. The third-order valence-electron chi connectivity index (χ3n) is 5.21. The summed E-state index contributed by atoms with van der Waals surface area (Å²) in [5, 5.41) is -1.33. The SMILES string of the molecule is CC(C)(C)OC(=O)N1CC(C23CC([B-](F)(F)F)(C2)C3)C1. The molecule has 1 heterocycles. The van der Waals surface area contributed by atoms with Gasteiger partial charge in [0.1, 0.15) is 5.60 Å². The van der Waals surface area contributed by atoms with Crippen LogP contribution in [0, 0.1) is 11.3 Å². The molecule has 0 spiro atoms. The van der Waals surface area contributed by atoms with Crippen LogP contribution in [0.4, 0.5) is 17.7 Å². The Labute approximate surface area is 116 Å². The second kappa shape index (κ2) is 3.66. The molecule has 0 radical (unpaired) electrons. The molecule has 0 N–H and O–H groups in total. The van der Waals surface area contributed by atoms with E-state index in [9.17, 15) is 17.7 Å². The van der Waals surface area contributed by atoms with Crippen LogP contribution in [-0.2, 0) is 4.74 Å². The number of likely N-dealkylation sites (tertiary alicyclic amines) is 1. The van der Waals surface area contributed by atoms with Gasteiger partial charge in [0.05, 0.1) is 0 Å². The van der Waals surface area contributed by atoms with Crippen LogP contribution in [0.25, 0.3) is 0 Å². The van der Waals surface area contributed by atoms with Crippen molar-refractivity contribution in [1.29, 1.82) is 0 Å². The molecule has 3 nitrogen and oxygen atoms in total. The molecule has 0 aromatic rings. The van der Waals surface area contributed by atoms with Crippen molar-refractivity contribution in [3.8, 4) is 0 Å². The van der Waals surface area contributed by atoms with E-state index in [0.29, 0.717) is 13.1 Å². The Morgan fingerprint density at radius 2 is 1.70 bits per heavy atom. The molecular weight excluding hydrogens is 270 g/mol. The predicted molar refractivity (Wildman–Crippen MR) is 69.4 cm³/mol. The van der Waals surface area contributed by atoms with Crippen LogP contribution in [-0.4, -0.2) is 36.7 Å². The van der Waals surface area contributed by atoms with Crippen molar-refractivity contribution in [3.05, 3.63) is 0 Å². The average molecular weight is 290 g/mol. The Balaban J connectivity index is 1.48. The smallest absolute Gasteiger partial charge is 0.449 e. The zero-order chi connectivity index (χ0) is 15.0. The Morgan fingerprint density at radius 3 is 2.10 bits per heavy atom. The van der Waals surface area contributed by atoms with Crippen LogP contribution in [0.15, 0.2) is 0 Å². The summed E-state index contributed by atoms with van der Waals surface area (Å²) in [4.78, 5) is 13.4. The molecule has 0 aromatic heterocycles. The summed E-state index contributed by atoms with van der Waals surface area (Å²) < 4.78 is 43.8. The minimum absolute atomic E-state index is 0.129. The maximum Gasteiger partial charge on any atom is 0.484 e. The topological polar surface area (TPSA) is 29.5 Å². The molecule has 4 fully saturated rings. The highest BCUT2D eigenvalue weighted by Gasteiger charge is 2.76. The number of ether oxygens (including phenoxy) is 1. The van der Waals surface area contributed by atoms with E-state index in [1.54, 1.807) is 25.7 Å². The van der Waals surface area contributed by atoms with Crippen molar-refractivity contribution in [1.82, 2.24) is 4.90 Å². The highest BCUT2D eigenvalue weighted by atomic mass is 19.4. The largest absolute Gasteiger partial charge is 0.484 e. The van der Waals surface area contributed by atoms with Gasteiger partial charge >= 0.3 is 13.1 Å². The minimum atomic E-state index is -4.70. The molecule has 7 heteroatoms. The summed E-state index contributed by atoms with van der Waals surface area (Å²) >= 11 is 0. The molecule has 114 valence electrons. The van der Waals surface area contributed by atoms with Crippen molar-refractivity contribution in [2.24, 2.45) is 11.3 Å². The van der Waals surface area contributed by atoms with Gasteiger partial charge in [-0.25, -0.2) is 4.79 Å². The molecule has 2 bridgehead atoms. The molecule has 3 saturated carbocycles. The molecule has 4 rings (SSSR count). The van der Waals surface area contributed by atoms with Crippen molar-refractivity contribution >= 4 is 13.1 Å². The molecule has 0 atom stereocenters. The van der Waals surface area contributed by atoms with E-state index in [2.05, 4.69) is 0 Å². The first-order valence-corrected chi connectivity index (χ1v) is 7.14. The highest BCUT2D eigenvalue weighted by Crippen LogP contribution is 2.85. The summed E-state index contributed by atoms with van der Waals surface area (Å²) in [5.41, 5.74) is -0.656. The standard InChI is InChI=1S/C13H20BF3NO2/c1-11(2,3)20-10(19)18-4-9(5-18)12-6-13(7-12,8-12)14(15,16)17/h9H,4-8H2,1-3H3/q-1. The molecule has 1 amide bonds. The van der Waals surface area contributed by atoms with Gasteiger partial charge in [-0.1, -0.05) is 24.6 Å². The summed E-state index contributed by atoms with van der Waals surface area (Å²) in [6, 6.07) is 0. The first kappa shape index (κ1) is 14.1. The number of carbonyl (C=O) groups is 1. The molecule has 0 aromatic carbocycles. The van der Waals surface area contributed by atoms with Crippen LogP contribution in [0.2, 0.25) is 5.31 Å². The lowest BCUT2D eigenvalue weighted by Crippen LogP contribution is -2.72. The number of carbonyl (C=O) groups excluding carboxylic acids is 1. The van der Waals surface area contributed by atoms with Gasteiger partial charge in [-0.2, -0.15) is 0 Å². The van der Waals surface area contributed by atoms with Crippen LogP contribution in [0.3, 0.4) is 0 Å². The lowest BCUT2D eigenvalue weighted by atomic mass is 9.22. The third kappa shape index (κ3) is 1.85. The Bertz CT molecular complexity index is 432. The van der Waals surface area contributed by atoms with Crippen molar-refractivity contribution < 1.29 is 22.5 Å². The molecule has 0 unspecified atom stereocenters. The van der Waals surface area contributed by atoms with Crippen LogP contribution >= 0.6 is 0 Å². The van der Waals surface area contributed by atoms with Crippen LogP contribution in [0.5, 0.6) is 0 Å². The second-order valence-corrected chi connectivity index (χ2v) is 7.91. The molecule has 3 aliphatic carbocycles. The van der Waals surface area contributed by atoms with Crippen molar-refractivity contribution in [2.45, 2.75) is 50.9 Å². The maximum absolute atomic E-state index is 12.8. The van der Waals surface area contributed by atoms with E-state index >= 15 is 0 Å². The predicted octanol–water partition coefficient (Wildman–Crippen LogP) is 3.63. The highest BCUT2D eigenvalue weighted by molar-refractivity contribution is 6.63. The summed E-state index contributed by atoms with van der Waals surface area (Å²) in [5.74, 6) is 0.232. The van der Waals surface area contributed by atoms with Crippen LogP contribution in [0.1, 0.15) is 40.0 Å². The number of amides is 1. The fourth-order valence-corrected chi connectivity index (χ4v) is 4.07. The van der Waals surface area contributed by atoms with Gasteiger partial charge in [0, 0.05) is 13.1 Å². The van der Waals surface area contributed by atoms with E-state index in [0.717, 1.165) is 0 Å². The summed E-state index contributed by atoms with van der Waals surface area (Å²) in [7, 11) is 0. The molecule has 20 heavy (non-hydrogen) atoms. The number of nitrogens with zero attached hydrogens (tertiary/aromatic N) is 1. The third-order valence-corrected chi connectivity index (χ3v) is 5.21. The van der Waals surface area contributed by atoms with Crippen molar-refractivity contribution in [2.75, 3.05) is 13.1 Å². The zero-order valence-corrected chi connectivity index (χ0v) is 12.1. The summed E-state index contributed by atoms with van der Waals surface area (Å²) in [6.07, 6.45) is 0.512. The lowest BCUT2D eigenvalue weighted by Gasteiger charge is -2.79. The van der Waals surface area contributed by atoms with E-state index < -0.39 is 17.9 Å². The van der Waals surface area contributed by atoms with Gasteiger partial charge in [0.15, 0.2) is 0 Å². The van der Waals surface area contributed by atoms with E-state index in [1.165, 1.54) is 0 Å². The van der Waals surface area contributed by atoms with E-state index in [1.807, 2.05) is 0 Å². The molecule has 1 saturated heterocycles. The second-order valence-electron chi connectivity index (χ2n) is 7.91. The van der Waals surface area contributed by atoms with Gasteiger partial charge < -0.3 is 22.6 Å². The first-order chi connectivity index (χ1) is 8.97. The first-order valence-electron chi connectivity index (χ1n) is 7.14. The lowest BCUT2D eigenvalue weighted by molar-refractivity contribution is -0.187. The minimum Gasteiger partial charge on any atom is -0.449 e. The van der Waals surface area contributed by atoms with Crippen LogP contribution < -0.4 is 0 Å². The van der Waals surface area contributed by atoms with Gasteiger partial charge in [-0.15, -0.1) is 0 Å². The van der Waals surface area contributed by atoms with Gasteiger partial charge in [-0.3, -0.25) is 0 Å². The zero-order valence-electron chi connectivity index (χ0n) is 12.1. The molecule has 4 aliphatic rings. The maximum atomic E-state index is 12.8. The number of hydrogen-bond donors (Lipinski definition) is 0. The number of rotatable bonds is 2. The van der Waals surface area contributed by atoms with Gasteiger partial charge in [-0.05, 0) is 32.1 Å². The summed E-state index contributed by atoms with van der Waals surface area (Å²) in [6.45, 7) is 1.82.